The zero-order valence-electron chi connectivity index (χ0n) is 20.5. The summed E-state index contributed by atoms with van der Waals surface area (Å²) in [5, 5.41) is 5.20. The number of benzene rings is 2. The maximum Gasteiger partial charge on any atom is 0.328 e. The Morgan fingerprint density at radius 2 is 1.79 bits per heavy atom. The summed E-state index contributed by atoms with van der Waals surface area (Å²) in [6.45, 7) is 5.67. The number of carbonyl (C=O) groups excluding carboxylic acids is 2. The fourth-order valence-corrected chi connectivity index (χ4v) is 4.41. The third-order valence-electron chi connectivity index (χ3n) is 5.34. The van der Waals surface area contributed by atoms with Crippen LogP contribution >= 0.6 is 36.6 Å². The van der Waals surface area contributed by atoms with Gasteiger partial charge in [-0.1, -0.05) is 56.3 Å². The normalized spacial score (nSPS) is 12.6. The molecule has 192 valence electrons. The molecule has 2 rings (SSSR count). The molecule has 0 aromatic heterocycles. The van der Waals surface area contributed by atoms with Gasteiger partial charge in [-0.05, 0) is 47.1 Å². The monoisotopic (exact) mass is 531 g/mol. The largest absolute Gasteiger partial charge is 0.467 e. The molecule has 0 aliphatic rings. The Morgan fingerprint density at radius 3 is 2.44 bits per heavy atom. The van der Waals surface area contributed by atoms with E-state index < -0.39 is 12.0 Å². The number of fused-ring (bicyclic) bond motifs is 1. The minimum atomic E-state index is -0.635. The summed E-state index contributed by atoms with van der Waals surface area (Å²) in [7, 11) is 1.35. The first-order chi connectivity index (χ1) is 15.3. The Morgan fingerprint density at radius 1 is 1.12 bits per heavy atom. The van der Waals surface area contributed by atoms with Crippen molar-refractivity contribution in [3.05, 3.63) is 48.0 Å². The predicted octanol–water partition coefficient (Wildman–Crippen LogP) is 4.27. The predicted molar refractivity (Wildman–Crippen MR) is 148 cm³/mol. The summed E-state index contributed by atoms with van der Waals surface area (Å²) in [5.74, 6) is 0.635. The minimum absolute atomic E-state index is 0. The molecule has 0 saturated heterocycles. The van der Waals surface area contributed by atoms with Crippen LogP contribution in [0.3, 0.4) is 0 Å². The fourth-order valence-electron chi connectivity index (χ4n) is 3.94. The van der Waals surface area contributed by atoms with Crippen molar-refractivity contribution in [1.29, 1.82) is 0 Å². The molecule has 0 heterocycles. The van der Waals surface area contributed by atoms with Gasteiger partial charge in [-0.3, -0.25) is 9.69 Å². The second kappa shape index (κ2) is 17.0. The first kappa shape index (κ1) is 32.5. The van der Waals surface area contributed by atoms with Crippen molar-refractivity contribution in [3.63, 3.8) is 0 Å². The van der Waals surface area contributed by atoms with Crippen LogP contribution in [0.15, 0.2) is 42.5 Å². The van der Waals surface area contributed by atoms with Crippen molar-refractivity contribution in [2.75, 3.05) is 32.2 Å². The molecule has 0 aliphatic carbocycles. The van der Waals surface area contributed by atoms with Crippen molar-refractivity contribution in [2.45, 2.75) is 45.3 Å². The molecule has 0 saturated carbocycles. The highest BCUT2D eigenvalue weighted by molar-refractivity contribution is 7.98. The summed E-state index contributed by atoms with van der Waals surface area (Å²) in [4.78, 5) is 27.1. The Labute approximate surface area is 220 Å². The van der Waals surface area contributed by atoms with Gasteiger partial charge in [-0.2, -0.15) is 11.8 Å². The number of hydrogen-bond acceptors (Lipinski definition) is 6. The zero-order valence-corrected chi connectivity index (χ0v) is 22.9. The minimum Gasteiger partial charge on any atom is -0.467 e. The van der Waals surface area contributed by atoms with Crippen molar-refractivity contribution in [3.8, 4) is 0 Å². The Kier molecular flexibility index (Phi) is 16.3. The SMILES string of the molecule is COC(=O)C(CCSC)NC(=O)CN(Cc1cccc2ccccc12)CC(N)CC(C)C.Cl.Cl. The molecule has 2 aromatic carbocycles. The number of esters is 1. The molecule has 34 heavy (non-hydrogen) atoms. The number of ether oxygens (including phenoxy) is 1. The molecule has 0 spiro atoms. The van der Waals surface area contributed by atoms with E-state index in [0.29, 0.717) is 25.4 Å². The topological polar surface area (TPSA) is 84.7 Å². The van der Waals surface area contributed by atoms with Gasteiger partial charge < -0.3 is 15.8 Å². The van der Waals surface area contributed by atoms with Crippen LogP contribution in [0.2, 0.25) is 0 Å². The Balaban J connectivity index is 0.00000544. The van der Waals surface area contributed by atoms with Gasteiger partial charge in [0.05, 0.1) is 13.7 Å². The van der Waals surface area contributed by atoms with Crippen LogP contribution < -0.4 is 11.1 Å². The van der Waals surface area contributed by atoms with Gasteiger partial charge >= 0.3 is 5.97 Å². The van der Waals surface area contributed by atoms with E-state index in [1.165, 1.54) is 17.9 Å². The van der Waals surface area contributed by atoms with Gasteiger partial charge in [0.1, 0.15) is 6.04 Å². The van der Waals surface area contributed by atoms with Gasteiger partial charge in [-0.25, -0.2) is 4.79 Å². The van der Waals surface area contributed by atoms with Gasteiger partial charge in [-0.15, -0.1) is 24.8 Å². The molecule has 6 nitrogen and oxygen atoms in total. The number of rotatable bonds is 13. The number of carbonyl (C=O) groups is 2. The van der Waals surface area contributed by atoms with Crippen LogP contribution in [0.25, 0.3) is 10.8 Å². The van der Waals surface area contributed by atoms with Crippen LogP contribution in [0.4, 0.5) is 0 Å². The lowest BCUT2D eigenvalue weighted by atomic mass is 10.0. The molecule has 3 N–H and O–H groups in total. The molecule has 0 fully saturated rings. The van der Waals surface area contributed by atoms with Gasteiger partial charge in [0.15, 0.2) is 0 Å². The molecule has 2 atom stereocenters. The lowest BCUT2D eigenvalue weighted by Crippen LogP contribution is -2.48. The Hall–Kier alpha value is -1.51. The number of hydrogen-bond donors (Lipinski definition) is 2. The standard InChI is InChI=1S/C25H37N3O3S.2ClH/c1-18(2)14-21(26)16-28(15-20-10-7-9-19-8-5-6-11-22(19)20)17-24(29)27-23(12-13-32-4)25(30)31-3;;/h5-11,18,21,23H,12-17,26H2,1-4H3,(H,27,29);2*1H. The van der Waals surface area contributed by atoms with Gasteiger partial charge in [0.25, 0.3) is 0 Å². The second-order valence-electron chi connectivity index (χ2n) is 8.62. The molecular weight excluding hydrogens is 493 g/mol. The van der Waals surface area contributed by atoms with Gasteiger partial charge in [0.2, 0.25) is 5.91 Å². The molecule has 2 aromatic rings. The number of nitrogens with zero attached hydrogens (tertiary/aromatic N) is 1. The molecule has 1 amide bonds. The van der Waals surface area contributed by atoms with Crippen LogP contribution in [-0.2, 0) is 20.9 Å². The maximum atomic E-state index is 12.9. The summed E-state index contributed by atoms with van der Waals surface area (Å²) < 4.78 is 4.87. The van der Waals surface area contributed by atoms with Crippen molar-refractivity contribution >= 4 is 59.2 Å². The Bertz CT molecular complexity index is 880. The highest BCUT2D eigenvalue weighted by Crippen LogP contribution is 2.20. The molecule has 9 heteroatoms. The number of nitrogens with two attached hydrogens (primary N) is 1. The van der Waals surface area contributed by atoms with Gasteiger partial charge in [0, 0.05) is 19.1 Å². The number of methoxy groups -OCH3 is 1. The average Bonchev–Trinajstić information content (AvgIpc) is 2.75. The number of nitrogens with one attached hydrogen (secondary N) is 1. The van der Waals surface area contributed by atoms with Crippen LogP contribution in [0, 0.1) is 5.92 Å². The number of halogens is 2. The van der Waals surface area contributed by atoms with Crippen LogP contribution in [-0.4, -0.2) is 61.1 Å². The quantitative estimate of drug-likeness (QED) is 0.375. The highest BCUT2D eigenvalue weighted by atomic mass is 35.5. The fraction of sp³-hybridized carbons (Fsp3) is 0.520. The third kappa shape index (κ3) is 10.8. The number of amides is 1. The summed E-state index contributed by atoms with van der Waals surface area (Å²) in [6.07, 6.45) is 3.39. The first-order valence-electron chi connectivity index (χ1n) is 11.1. The van der Waals surface area contributed by atoms with Crippen LogP contribution in [0.5, 0.6) is 0 Å². The van der Waals surface area contributed by atoms with E-state index in [2.05, 4.69) is 48.3 Å². The van der Waals surface area contributed by atoms with E-state index in [1.807, 2.05) is 24.5 Å². The highest BCUT2D eigenvalue weighted by Gasteiger charge is 2.23. The van der Waals surface area contributed by atoms with E-state index >= 15 is 0 Å². The molecule has 0 aliphatic heterocycles. The summed E-state index contributed by atoms with van der Waals surface area (Å²) in [5.41, 5.74) is 7.56. The van der Waals surface area contributed by atoms with E-state index in [-0.39, 0.29) is 43.3 Å². The first-order valence-corrected chi connectivity index (χ1v) is 12.5. The van der Waals surface area contributed by atoms with E-state index in [4.69, 9.17) is 10.5 Å². The molecule has 2 unspecified atom stereocenters. The third-order valence-corrected chi connectivity index (χ3v) is 5.98. The molecule has 0 bridgehead atoms. The lowest BCUT2D eigenvalue weighted by molar-refractivity contribution is -0.145. The van der Waals surface area contributed by atoms with Crippen molar-refractivity contribution in [2.24, 2.45) is 11.7 Å². The van der Waals surface area contributed by atoms with Crippen molar-refractivity contribution in [1.82, 2.24) is 10.2 Å². The lowest BCUT2D eigenvalue weighted by Gasteiger charge is -2.27. The zero-order chi connectivity index (χ0) is 23.5. The van der Waals surface area contributed by atoms with E-state index in [0.717, 1.165) is 17.7 Å². The molecular formula is C25H39Cl2N3O3S. The van der Waals surface area contributed by atoms with Crippen LogP contribution in [0.1, 0.15) is 32.3 Å². The summed E-state index contributed by atoms with van der Waals surface area (Å²) in [6, 6.07) is 13.8. The smallest absolute Gasteiger partial charge is 0.328 e. The molecule has 0 radical (unpaired) electrons. The van der Waals surface area contributed by atoms with E-state index in [9.17, 15) is 9.59 Å². The maximum absolute atomic E-state index is 12.9. The second-order valence-corrected chi connectivity index (χ2v) is 9.61. The van der Waals surface area contributed by atoms with E-state index in [1.54, 1.807) is 11.8 Å². The number of thioether (sulfide) groups is 1. The average molecular weight is 533 g/mol. The summed E-state index contributed by atoms with van der Waals surface area (Å²) >= 11 is 1.63. The van der Waals surface area contributed by atoms with Crippen molar-refractivity contribution < 1.29 is 14.3 Å².